The van der Waals surface area contributed by atoms with Crippen LogP contribution in [0.15, 0.2) is 24.3 Å². The van der Waals surface area contributed by atoms with Crippen molar-refractivity contribution in [1.29, 1.82) is 0 Å². The number of aromatic hydroxyl groups is 1. The number of rotatable bonds is 4. The predicted octanol–water partition coefficient (Wildman–Crippen LogP) is -0.289. The van der Waals surface area contributed by atoms with Crippen LogP contribution in [0.3, 0.4) is 0 Å². The SMILES string of the molecule is O=C(O)CNNC(=O)c1ccc(O)cc1. The van der Waals surface area contributed by atoms with E-state index in [1.807, 2.05) is 0 Å². The van der Waals surface area contributed by atoms with Gasteiger partial charge in [0.1, 0.15) is 12.3 Å². The lowest BCUT2D eigenvalue weighted by Gasteiger charge is -2.04. The van der Waals surface area contributed by atoms with E-state index < -0.39 is 11.9 Å². The molecule has 0 heterocycles. The van der Waals surface area contributed by atoms with E-state index in [0.29, 0.717) is 5.56 Å². The first-order valence-electron chi connectivity index (χ1n) is 4.13. The molecule has 15 heavy (non-hydrogen) atoms. The first-order chi connectivity index (χ1) is 7.09. The minimum absolute atomic E-state index is 0.0602. The summed E-state index contributed by atoms with van der Waals surface area (Å²) in [5.41, 5.74) is 4.76. The predicted molar refractivity (Wildman–Crippen MR) is 51.2 cm³/mol. The third-order valence-electron chi connectivity index (χ3n) is 1.57. The summed E-state index contributed by atoms with van der Waals surface area (Å²) in [5, 5.41) is 17.2. The second-order valence-electron chi connectivity index (χ2n) is 2.75. The van der Waals surface area contributed by atoms with Gasteiger partial charge in [-0.2, -0.15) is 0 Å². The van der Waals surface area contributed by atoms with Gasteiger partial charge in [-0.25, -0.2) is 5.43 Å². The summed E-state index contributed by atoms with van der Waals surface area (Å²) < 4.78 is 0. The van der Waals surface area contributed by atoms with E-state index in [0.717, 1.165) is 0 Å². The monoisotopic (exact) mass is 210 g/mol. The van der Waals surface area contributed by atoms with Gasteiger partial charge in [-0.1, -0.05) is 0 Å². The number of carbonyl (C=O) groups is 2. The van der Waals surface area contributed by atoms with E-state index in [9.17, 15) is 9.59 Å². The van der Waals surface area contributed by atoms with E-state index in [-0.39, 0.29) is 12.3 Å². The molecule has 1 amide bonds. The maximum Gasteiger partial charge on any atom is 0.319 e. The lowest BCUT2D eigenvalue weighted by atomic mass is 10.2. The van der Waals surface area contributed by atoms with Crippen molar-refractivity contribution >= 4 is 11.9 Å². The Labute approximate surface area is 85.5 Å². The van der Waals surface area contributed by atoms with Crippen molar-refractivity contribution in [3.8, 4) is 5.75 Å². The van der Waals surface area contributed by atoms with Crippen LogP contribution in [0.25, 0.3) is 0 Å². The maximum atomic E-state index is 11.3. The smallest absolute Gasteiger partial charge is 0.319 e. The van der Waals surface area contributed by atoms with Gasteiger partial charge >= 0.3 is 5.97 Å². The average molecular weight is 210 g/mol. The van der Waals surface area contributed by atoms with E-state index in [1.54, 1.807) is 0 Å². The number of phenols is 1. The number of carboxylic acid groups (broad SMARTS) is 1. The molecule has 0 aliphatic carbocycles. The standard InChI is InChI=1S/C9H10N2O4/c12-7-3-1-6(2-4-7)9(15)11-10-5-8(13)14/h1-4,10,12H,5H2,(H,11,15)(H,13,14). The first kappa shape index (κ1) is 11.0. The van der Waals surface area contributed by atoms with Crippen LogP contribution in [0.2, 0.25) is 0 Å². The summed E-state index contributed by atoms with van der Waals surface area (Å²) in [5.74, 6) is -1.47. The Balaban J connectivity index is 2.47. The van der Waals surface area contributed by atoms with Crippen LogP contribution >= 0.6 is 0 Å². The molecule has 1 rings (SSSR count). The lowest BCUT2D eigenvalue weighted by Crippen LogP contribution is -2.40. The molecule has 6 heteroatoms. The second kappa shape index (κ2) is 4.97. The molecule has 0 spiro atoms. The topological polar surface area (TPSA) is 98.7 Å². The number of benzene rings is 1. The van der Waals surface area contributed by atoms with Crippen LogP contribution in [-0.2, 0) is 4.79 Å². The molecule has 80 valence electrons. The van der Waals surface area contributed by atoms with Crippen LogP contribution < -0.4 is 10.9 Å². The molecule has 0 saturated carbocycles. The Bertz CT molecular complexity index is 361. The van der Waals surface area contributed by atoms with Crippen molar-refractivity contribution in [2.24, 2.45) is 0 Å². The summed E-state index contributed by atoms with van der Waals surface area (Å²) in [6.07, 6.45) is 0. The molecule has 0 saturated heterocycles. The van der Waals surface area contributed by atoms with Gasteiger partial charge in [-0.3, -0.25) is 15.0 Å². The molecule has 4 N–H and O–H groups in total. The van der Waals surface area contributed by atoms with E-state index in [1.165, 1.54) is 24.3 Å². The number of nitrogens with one attached hydrogen (secondary N) is 2. The Morgan fingerprint density at radius 2 is 1.80 bits per heavy atom. The van der Waals surface area contributed by atoms with E-state index in [4.69, 9.17) is 10.2 Å². The fraction of sp³-hybridized carbons (Fsp3) is 0.111. The molecule has 0 aliphatic heterocycles. The Morgan fingerprint density at radius 1 is 1.20 bits per heavy atom. The Kier molecular flexibility index (Phi) is 3.64. The van der Waals surface area contributed by atoms with Crippen molar-refractivity contribution < 1.29 is 19.8 Å². The molecular weight excluding hydrogens is 200 g/mol. The summed E-state index contributed by atoms with van der Waals surface area (Å²) >= 11 is 0. The first-order valence-corrected chi connectivity index (χ1v) is 4.13. The highest BCUT2D eigenvalue weighted by molar-refractivity contribution is 5.94. The molecule has 0 bridgehead atoms. The molecule has 1 aromatic carbocycles. The number of carbonyl (C=O) groups excluding carboxylic acids is 1. The van der Waals surface area contributed by atoms with Crippen molar-refractivity contribution in [2.75, 3.05) is 6.54 Å². The van der Waals surface area contributed by atoms with Crippen molar-refractivity contribution in [1.82, 2.24) is 10.9 Å². The van der Waals surface area contributed by atoms with Crippen LogP contribution in [0.4, 0.5) is 0 Å². The highest BCUT2D eigenvalue weighted by atomic mass is 16.4. The van der Waals surface area contributed by atoms with Gasteiger partial charge in [-0.05, 0) is 24.3 Å². The van der Waals surface area contributed by atoms with Gasteiger partial charge in [0.15, 0.2) is 0 Å². The molecule has 0 atom stereocenters. The number of carboxylic acids is 1. The summed E-state index contributed by atoms with van der Waals surface area (Å²) in [6, 6.07) is 5.58. The Hall–Kier alpha value is -2.08. The number of aliphatic carboxylic acids is 1. The molecule has 0 unspecified atom stereocenters. The summed E-state index contributed by atoms with van der Waals surface area (Å²) in [6.45, 7) is -0.357. The fourth-order valence-corrected chi connectivity index (χ4v) is 0.885. The minimum atomic E-state index is -1.07. The quantitative estimate of drug-likeness (QED) is 0.512. The fourth-order valence-electron chi connectivity index (χ4n) is 0.885. The number of phenolic OH excluding ortho intramolecular Hbond substituents is 1. The Morgan fingerprint density at radius 3 is 2.33 bits per heavy atom. The maximum absolute atomic E-state index is 11.3. The van der Waals surface area contributed by atoms with Crippen molar-refractivity contribution in [3.05, 3.63) is 29.8 Å². The molecular formula is C9H10N2O4. The van der Waals surface area contributed by atoms with Crippen LogP contribution in [0.5, 0.6) is 5.75 Å². The zero-order chi connectivity index (χ0) is 11.3. The van der Waals surface area contributed by atoms with Gasteiger partial charge in [0, 0.05) is 5.56 Å². The van der Waals surface area contributed by atoms with Crippen molar-refractivity contribution in [2.45, 2.75) is 0 Å². The van der Waals surface area contributed by atoms with Crippen LogP contribution in [0, 0.1) is 0 Å². The summed E-state index contributed by atoms with van der Waals surface area (Å²) in [7, 11) is 0. The van der Waals surface area contributed by atoms with Crippen molar-refractivity contribution in [3.63, 3.8) is 0 Å². The van der Waals surface area contributed by atoms with Gasteiger partial charge in [0.25, 0.3) is 5.91 Å². The van der Waals surface area contributed by atoms with Gasteiger partial charge in [0.2, 0.25) is 0 Å². The molecule has 0 fully saturated rings. The molecule has 6 nitrogen and oxygen atoms in total. The lowest BCUT2D eigenvalue weighted by molar-refractivity contribution is -0.136. The molecule has 0 radical (unpaired) electrons. The minimum Gasteiger partial charge on any atom is -0.508 e. The molecule has 0 aromatic heterocycles. The van der Waals surface area contributed by atoms with E-state index in [2.05, 4.69) is 10.9 Å². The normalized spacial score (nSPS) is 9.60. The van der Waals surface area contributed by atoms with E-state index >= 15 is 0 Å². The highest BCUT2D eigenvalue weighted by Gasteiger charge is 2.04. The highest BCUT2D eigenvalue weighted by Crippen LogP contribution is 2.08. The van der Waals surface area contributed by atoms with Gasteiger partial charge in [0.05, 0.1) is 0 Å². The third kappa shape index (κ3) is 3.65. The third-order valence-corrected chi connectivity index (χ3v) is 1.57. The largest absolute Gasteiger partial charge is 0.508 e. The number of amides is 1. The van der Waals surface area contributed by atoms with Gasteiger partial charge < -0.3 is 10.2 Å². The van der Waals surface area contributed by atoms with Crippen LogP contribution in [0.1, 0.15) is 10.4 Å². The zero-order valence-corrected chi connectivity index (χ0v) is 7.73. The van der Waals surface area contributed by atoms with Gasteiger partial charge in [-0.15, -0.1) is 0 Å². The zero-order valence-electron chi connectivity index (χ0n) is 7.73. The number of hydrazine groups is 1. The molecule has 0 aliphatic rings. The molecule has 1 aromatic rings. The summed E-state index contributed by atoms with van der Waals surface area (Å²) in [4.78, 5) is 21.4. The average Bonchev–Trinajstić information content (AvgIpc) is 2.18. The number of hydrogen-bond acceptors (Lipinski definition) is 4. The number of hydrogen-bond donors (Lipinski definition) is 4. The van der Waals surface area contributed by atoms with Crippen LogP contribution in [-0.4, -0.2) is 28.6 Å². The second-order valence-corrected chi connectivity index (χ2v) is 2.75.